The summed E-state index contributed by atoms with van der Waals surface area (Å²) in [5.74, 6) is -0.852. The van der Waals surface area contributed by atoms with Crippen LogP contribution in [0.5, 0.6) is 0 Å². The topological polar surface area (TPSA) is 81.2 Å². The Hall–Kier alpha value is -2.12. The van der Waals surface area contributed by atoms with E-state index in [0.717, 1.165) is 22.5 Å². The highest BCUT2D eigenvalue weighted by molar-refractivity contribution is 7.98. The van der Waals surface area contributed by atoms with Gasteiger partial charge in [-0.1, -0.05) is 29.4 Å². The molecular weight excluding hydrogens is 386 g/mol. The second-order valence-electron chi connectivity index (χ2n) is 5.98. The van der Waals surface area contributed by atoms with Crippen LogP contribution in [0.3, 0.4) is 0 Å². The van der Waals surface area contributed by atoms with Crippen LogP contribution in [0.2, 0.25) is 5.02 Å². The number of carbonyl (C=O) groups excluding carboxylic acids is 2. The summed E-state index contributed by atoms with van der Waals surface area (Å²) in [5, 5.41) is 3.96. The Morgan fingerprint density at radius 3 is 2.48 bits per heavy atom. The molecule has 1 amide bonds. The maximum atomic E-state index is 12.0. The van der Waals surface area contributed by atoms with Crippen LogP contribution in [-0.2, 0) is 20.7 Å². The number of amides is 1. The molecule has 0 spiro atoms. The number of aryl methyl sites for hydroxylation is 2. The minimum absolute atomic E-state index is 0.160. The lowest BCUT2D eigenvalue weighted by Crippen LogP contribution is -2.21. The molecule has 27 heavy (non-hydrogen) atoms. The lowest BCUT2D eigenvalue weighted by atomic mass is 10.1. The first-order valence-electron chi connectivity index (χ1n) is 8.40. The summed E-state index contributed by atoms with van der Waals surface area (Å²) in [4.78, 5) is 32.7. The van der Waals surface area contributed by atoms with Gasteiger partial charge in [-0.25, -0.2) is 9.97 Å². The van der Waals surface area contributed by atoms with Gasteiger partial charge >= 0.3 is 5.97 Å². The number of esters is 1. The molecule has 0 saturated carbocycles. The van der Waals surface area contributed by atoms with Crippen molar-refractivity contribution in [2.45, 2.75) is 38.8 Å². The number of aromatic nitrogens is 2. The maximum Gasteiger partial charge on any atom is 0.306 e. The summed E-state index contributed by atoms with van der Waals surface area (Å²) < 4.78 is 5.06. The Balaban J connectivity index is 1.84. The highest BCUT2D eigenvalue weighted by Gasteiger charge is 2.13. The fourth-order valence-corrected chi connectivity index (χ4v) is 3.17. The molecule has 0 bridgehead atoms. The van der Waals surface area contributed by atoms with E-state index in [4.69, 9.17) is 16.3 Å². The van der Waals surface area contributed by atoms with Gasteiger partial charge in [-0.15, -0.1) is 0 Å². The van der Waals surface area contributed by atoms with E-state index in [2.05, 4.69) is 15.3 Å². The Morgan fingerprint density at radius 1 is 1.19 bits per heavy atom. The molecule has 1 aromatic carbocycles. The van der Waals surface area contributed by atoms with E-state index in [9.17, 15) is 9.59 Å². The normalized spacial score (nSPS) is 10.6. The summed E-state index contributed by atoms with van der Waals surface area (Å²) in [7, 11) is 0. The molecule has 8 heteroatoms. The van der Waals surface area contributed by atoms with Gasteiger partial charge in [-0.05, 0) is 56.7 Å². The lowest BCUT2D eigenvalue weighted by molar-refractivity contribution is -0.147. The van der Waals surface area contributed by atoms with Crippen molar-refractivity contribution in [2.24, 2.45) is 0 Å². The van der Waals surface area contributed by atoms with Crippen LogP contribution in [0.25, 0.3) is 0 Å². The van der Waals surface area contributed by atoms with Crippen molar-refractivity contribution in [3.05, 3.63) is 45.7 Å². The number of anilines is 1. The van der Waals surface area contributed by atoms with Crippen molar-refractivity contribution in [2.75, 3.05) is 18.2 Å². The number of thioether (sulfide) groups is 1. The number of halogens is 1. The average molecular weight is 408 g/mol. The Labute approximate surface area is 168 Å². The minimum Gasteiger partial charge on any atom is -0.456 e. The zero-order chi connectivity index (χ0) is 20.0. The van der Waals surface area contributed by atoms with Crippen LogP contribution in [-0.4, -0.2) is 34.7 Å². The highest BCUT2D eigenvalue weighted by Crippen LogP contribution is 2.22. The largest absolute Gasteiger partial charge is 0.456 e. The molecule has 2 aromatic rings. The molecule has 1 heterocycles. The zero-order valence-electron chi connectivity index (χ0n) is 15.8. The summed E-state index contributed by atoms with van der Waals surface area (Å²) in [5.41, 5.74) is 4.01. The number of hydrogen-bond acceptors (Lipinski definition) is 6. The molecule has 0 unspecified atom stereocenters. The summed E-state index contributed by atoms with van der Waals surface area (Å²) in [6.45, 7) is 5.26. The first-order valence-corrected chi connectivity index (χ1v) is 10.0. The first kappa shape index (κ1) is 21.2. The van der Waals surface area contributed by atoms with E-state index in [-0.39, 0.29) is 13.0 Å². The number of ether oxygens (including phenoxy) is 1. The van der Waals surface area contributed by atoms with Crippen LogP contribution in [0.4, 0.5) is 5.69 Å². The number of carbonyl (C=O) groups is 2. The number of benzene rings is 1. The Morgan fingerprint density at radius 2 is 1.85 bits per heavy atom. The van der Waals surface area contributed by atoms with Gasteiger partial charge in [0.2, 0.25) is 0 Å². The third-order valence-electron chi connectivity index (χ3n) is 4.07. The number of rotatable bonds is 7. The van der Waals surface area contributed by atoms with Crippen LogP contribution in [0.15, 0.2) is 23.4 Å². The van der Waals surface area contributed by atoms with Crippen LogP contribution in [0.1, 0.15) is 28.9 Å². The second kappa shape index (κ2) is 9.71. The molecule has 1 N–H and O–H groups in total. The minimum atomic E-state index is -0.444. The molecule has 2 rings (SSSR count). The highest BCUT2D eigenvalue weighted by atomic mass is 35.5. The molecule has 0 aliphatic rings. The van der Waals surface area contributed by atoms with Gasteiger partial charge in [0.15, 0.2) is 11.8 Å². The van der Waals surface area contributed by atoms with Gasteiger partial charge in [-0.3, -0.25) is 9.59 Å². The quantitative estimate of drug-likeness (QED) is 0.426. The van der Waals surface area contributed by atoms with E-state index >= 15 is 0 Å². The Kier molecular flexibility index (Phi) is 7.62. The molecule has 0 fully saturated rings. The summed E-state index contributed by atoms with van der Waals surface area (Å²) >= 11 is 7.50. The molecule has 6 nitrogen and oxygen atoms in total. The fourth-order valence-electron chi connectivity index (χ4n) is 2.54. The van der Waals surface area contributed by atoms with Gasteiger partial charge in [0.25, 0.3) is 5.91 Å². The third-order valence-corrected chi connectivity index (χ3v) is 5.03. The van der Waals surface area contributed by atoms with E-state index in [1.165, 1.54) is 11.8 Å². The van der Waals surface area contributed by atoms with Crippen molar-refractivity contribution in [1.29, 1.82) is 0 Å². The summed E-state index contributed by atoms with van der Waals surface area (Å²) in [6.07, 6.45) is 2.55. The molecule has 0 saturated heterocycles. The Bertz CT molecular complexity index is 835. The van der Waals surface area contributed by atoms with Gasteiger partial charge in [-0.2, -0.15) is 0 Å². The summed E-state index contributed by atoms with van der Waals surface area (Å²) in [6, 6.07) is 5.22. The SMILES string of the molecule is CSc1nc(C)c(CCC(=O)OCC(=O)Nc2cccc(Cl)c2C)c(C)n1. The zero-order valence-corrected chi connectivity index (χ0v) is 17.3. The molecule has 1 aromatic heterocycles. The van der Waals surface area contributed by atoms with Crippen molar-refractivity contribution in [1.82, 2.24) is 9.97 Å². The van der Waals surface area contributed by atoms with Gasteiger partial charge in [0.1, 0.15) is 0 Å². The molecular formula is C19H22ClN3O3S. The van der Waals surface area contributed by atoms with Gasteiger partial charge in [0.05, 0.1) is 0 Å². The van der Waals surface area contributed by atoms with Crippen molar-refractivity contribution in [3.63, 3.8) is 0 Å². The monoisotopic (exact) mass is 407 g/mol. The van der Waals surface area contributed by atoms with Crippen molar-refractivity contribution >= 4 is 40.9 Å². The van der Waals surface area contributed by atoms with Crippen molar-refractivity contribution < 1.29 is 14.3 Å². The van der Waals surface area contributed by atoms with E-state index in [1.807, 2.05) is 20.1 Å². The predicted molar refractivity (Wildman–Crippen MR) is 107 cm³/mol. The van der Waals surface area contributed by atoms with Gasteiger partial charge in [0, 0.05) is 28.5 Å². The van der Waals surface area contributed by atoms with Crippen LogP contribution in [0, 0.1) is 20.8 Å². The van der Waals surface area contributed by atoms with E-state index in [0.29, 0.717) is 22.3 Å². The lowest BCUT2D eigenvalue weighted by Gasteiger charge is -2.11. The average Bonchev–Trinajstić information content (AvgIpc) is 2.63. The number of hydrogen-bond donors (Lipinski definition) is 1. The first-order chi connectivity index (χ1) is 12.8. The van der Waals surface area contributed by atoms with E-state index in [1.54, 1.807) is 25.1 Å². The van der Waals surface area contributed by atoms with Crippen LogP contribution >= 0.6 is 23.4 Å². The van der Waals surface area contributed by atoms with Crippen molar-refractivity contribution in [3.8, 4) is 0 Å². The number of nitrogens with zero attached hydrogens (tertiary/aromatic N) is 2. The smallest absolute Gasteiger partial charge is 0.306 e. The van der Waals surface area contributed by atoms with E-state index < -0.39 is 11.9 Å². The molecule has 0 aliphatic heterocycles. The standard InChI is InChI=1S/C19H22ClN3O3S/c1-11-15(20)6-5-7-16(11)23-17(24)10-26-18(25)9-8-14-12(2)21-19(27-4)22-13(14)3/h5-7H,8-10H2,1-4H3,(H,23,24). The maximum absolute atomic E-state index is 12.0. The van der Waals surface area contributed by atoms with Gasteiger partial charge < -0.3 is 10.1 Å². The fraction of sp³-hybridized carbons (Fsp3) is 0.368. The second-order valence-corrected chi connectivity index (χ2v) is 7.16. The predicted octanol–water partition coefficient (Wildman–Crippen LogP) is 3.89. The molecule has 0 aliphatic carbocycles. The third kappa shape index (κ3) is 5.94. The van der Waals surface area contributed by atoms with Crippen LogP contribution < -0.4 is 5.32 Å². The molecule has 144 valence electrons. The molecule has 0 atom stereocenters. The molecule has 0 radical (unpaired) electrons. The number of nitrogens with one attached hydrogen (secondary N) is 1.